The minimum atomic E-state index is 0.358. The van der Waals surface area contributed by atoms with E-state index in [1.807, 2.05) is 13.1 Å². The Morgan fingerprint density at radius 1 is 1.47 bits per heavy atom. The number of hydrogen-bond donors (Lipinski definition) is 2. The topological polar surface area (TPSA) is 67.1 Å². The number of nitrogens with zero attached hydrogens (tertiary/aromatic N) is 3. The van der Waals surface area contributed by atoms with Gasteiger partial charge in [0.15, 0.2) is 0 Å². The summed E-state index contributed by atoms with van der Waals surface area (Å²) in [6, 6.07) is 0. The first-order valence-electron chi connectivity index (χ1n) is 5.27. The number of aryl methyl sites for hydroxylation is 1. The average Bonchev–Trinajstić information content (AvgIpc) is 2.24. The first-order chi connectivity index (χ1) is 7.25. The van der Waals surface area contributed by atoms with Gasteiger partial charge in [-0.05, 0) is 6.92 Å². The van der Waals surface area contributed by atoms with Gasteiger partial charge in [0, 0.05) is 50.2 Å². The third kappa shape index (κ3) is 2.64. The predicted octanol–water partition coefficient (Wildman–Crippen LogP) is -0.228. The van der Waals surface area contributed by atoms with Crippen LogP contribution in [0.4, 0.5) is 5.95 Å². The van der Waals surface area contributed by atoms with Crippen molar-refractivity contribution in [3.8, 4) is 0 Å². The Morgan fingerprint density at radius 2 is 2.20 bits per heavy atom. The zero-order valence-corrected chi connectivity index (χ0v) is 9.03. The number of piperazine rings is 1. The van der Waals surface area contributed by atoms with Crippen molar-refractivity contribution in [2.24, 2.45) is 0 Å². The minimum Gasteiger partial charge on any atom is -0.368 e. The maximum atomic E-state index is 5.51. The van der Waals surface area contributed by atoms with E-state index in [-0.39, 0.29) is 0 Å². The van der Waals surface area contributed by atoms with Crippen LogP contribution in [-0.2, 0) is 6.54 Å². The van der Waals surface area contributed by atoms with Gasteiger partial charge in [-0.2, -0.15) is 0 Å². The van der Waals surface area contributed by atoms with Gasteiger partial charge in [0.1, 0.15) is 0 Å². The lowest BCUT2D eigenvalue weighted by molar-refractivity contribution is 0.232. The molecule has 0 unspecified atom stereocenters. The lowest BCUT2D eigenvalue weighted by Gasteiger charge is -2.27. The fourth-order valence-electron chi connectivity index (χ4n) is 1.78. The summed E-state index contributed by atoms with van der Waals surface area (Å²) in [7, 11) is 0. The highest BCUT2D eigenvalue weighted by Gasteiger charge is 2.11. The van der Waals surface area contributed by atoms with E-state index in [2.05, 4.69) is 20.2 Å². The van der Waals surface area contributed by atoms with Crippen molar-refractivity contribution in [3.05, 3.63) is 17.5 Å². The molecule has 1 aromatic rings. The number of nitrogens with two attached hydrogens (primary N) is 1. The Morgan fingerprint density at radius 3 is 2.87 bits per heavy atom. The summed E-state index contributed by atoms with van der Waals surface area (Å²) in [4.78, 5) is 10.6. The van der Waals surface area contributed by atoms with Gasteiger partial charge in [-0.3, -0.25) is 4.90 Å². The quantitative estimate of drug-likeness (QED) is 0.701. The second-order valence-electron chi connectivity index (χ2n) is 3.86. The number of nitrogens with one attached hydrogen (secondary N) is 1. The molecule has 1 aromatic heterocycles. The maximum Gasteiger partial charge on any atom is 0.220 e. The monoisotopic (exact) mass is 207 g/mol. The molecular formula is C10H17N5. The average molecular weight is 207 g/mol. The lowest BCUT2D eigenvalue weighted by Crippen LogP contribution is -2.43. The summed E-state index contributed by atoms with van der Waals surface area (Å²) in [6.07, 6.45) is 1.83. The van der Waals surface area contributed by atoms with Gasteiger partial charge < -0.3 is 11.1 Å². The van der Waals surface area contributed by atoms with Crippen LogP contribution < -0.4 is 11.1 Å². The summed E-state index contributed by atoms with van der Waals surface area (Å²) >= 11 is 0. The molecule has 2 heterocycles. The van der Waals surface area contributed by atoms with Crippen LogP contribution in [0.5, 0.6) is 0 Å². The highest BCUT2D eigenvalue weighted by atomic mass is 15.2. The number of anilines is 1. The Balaban J connectivity index is 2.03. The first-order valence-corrected chi connectivity index (χ1v) is 5.27. The molecule has 1 fully saturated rings. The number of nitrogen functional groups attached to an aromatic ring is 1. The van der Waals surface area contributed by atoms with E-state index >= 15 is 0 Å². The van der Waals surface area contributed by atoms with E-state index < -0.39 is 0 Å². The van der Waals surface area contributed by atoms with E-state index in [0.29, 0.717) is 5.95 Å². The summed E-state index contributed by atoms with van der Waals surface area (Å²) in [6.45, 7) is 7.21. The zero-order valence-electron chi connectivity index (χ0n) is 9.03. The molecule has 0 aromatic carbocycles. The summed E-state index contributed by atoms with van der Waals surface area (Å²) < 4.78 is 0. The minimum absolute atomic E-state index is 0.358. The van der Waals surface area contributed by atoms with Crippen molar-refractivity contribution in [2.75, 3.05) is 31.9 Å². The molecule has 15 heavy (non-hydrogen) atoms. The second kappa shape index (κ2) is 4.55. The van der Waals surface area contributed by atoms with Crippen molar-refractivity contribution in [1.29, 1.82) is 0 Å². The highest BCUT2D eigenvalue weighted by molar-refractivity contribution is 5.24. The first kappa shape index (κ1) is 10.3. The van der Waals surface area contributed by atoms with Crippen LogP contribution in [-0.4, -0.2) is 41.0 Å². The Kier molecular flexibility index (Phi) is 3.13. The van der Waals surface area contributed by atoms with E-state index in [4.69, 9.17) is 5.73 Å². The fraction of sp³-hybridized carbons (Fsp3) is 0.600. The van der Waals surface area contributed by atoms with E-state index in [0.717, 1.165) is 38.4 Å². The highest BCUT2D eigenvalue weighted by Crippen LogP contribution is 2.09. The number of aromatic nitrogens is 2. The zero-order chi connectivity index (χ0) is 10.7. The lowest BCUT2D eigenvalue weighted by atomic mass is 10.2. The van der Waals surface area contributed by atoms with Crippen LogP contribution in [0.15, 0.2) is 6.20 Å². The van der Waals surface area contributed by atoms with E-state index in [1.54, 1.807) is 0 Å². The predicted molar refractivity (Wildman–Crippen MR) is 59.3 cm³/mol. The molecule has 1 saturated heterocycles. The SMILES string of the molecule is Cc1nc(N)ncc1CN1CCNCC1. The Bertz CT molecular complexity index is 333. The van der Waals surface area contributed by atoms with Crippen molar-refractivity contribution in [2.45, 2.75) is 13.5 Å². The molecule has 5 heteroatoms. The molecule has 0 radical (unpaired) electrons. The molecule has 0 saturated carbocycles. The molecule has 5 nitrogen and oxygen atoms in total. The molecule has 2 rings (SSSR count). The smallest absolute Gasteiger partial charge is 0.220 e. The van der Waals surface area contributed by atoms with Crippen LogP contribution in [0.3, 0.4) is 0 Å². The third-order valence-corrected chi connectivity index (χ3v) is 2.70. The summed E-state index contributed by atoms with van der Waals surface area (Å²) in [5.41, 5.74) is 7.67. The molecular weight excluding hydrogens is 190 g/mol. The molecule has 1 aliphatic rings. The van der Waals surface area contributed by atoms with Crippen LogP contribution in [0.2, 0.25) is 0 Å². The van der Waals surface area contributed by atoms with Gasteiger partial charge >= 0.3 is 0 Å². The Hall–Kier alpha value is -1.20. The van der Waals surface area contributed by atoms with Crippen LogP contribution >= 0.6 is 0 Å². The van der Waals surface area contributed by atoms with E-state index in [9.17, 15) is 0 Å². The molecule has 0 aliphatic carbocycles. The van der Waals surface area contributed by atoms with Crippen LogP contribution in [0.25, 0.3) is 0 Å². The van der Waals surface area contributed by atoms with Crippen molar-refractivity contribution >= 4 is 5.95 Å². The van der Waals surface area contributed by atoms with Gasteiger partial charge in [0.2, 0.25) is 5.95 Å². The fourth-order valence-corrected chi connectivity index (χ4v) is 1.78. The van der Waals surface area contributed by atoms with E-state index in [1.165, 1.54) is 5.56 Å². The van der Waals surface area contributed by atoms with Gasteiger partial charge in [-0.1, -0.05) is 0 Å². The molecule has 0 bridgehead atoms. The summed E-state index contributed by atoms with van der Waals surface area (Å²) in [5.74, 6) is 0.358. The maximum absolute atomic E-state index is 5.51. The molecule has 3 N–H and O–H groups in total. The normalized spacial score (nSPS) is 17.9. The number of rotatable bonds is 2. The van der Waals surface area contributed by atoms with Gasteiger partial charge in [0.25, 0.3) is 0 Å². The second-order valence-corrected chi connectivity index (χ2v) is 3.86. The summed E-state index contributed by atoms with van der Waals surface area (Å²) in [5, 5.41) is 3.33. The van der Waals surface area contributed by atoms with Gasteiger partial charge in [-0.25, -0.2) is 9.97 Å². The van der Waals surface area contributed by atoms with Gasteiger partial charge in [-0.15, -0.1) is 0 Å². The van der Waals surface area contributed by atoms with Crippen molar-refractivity contribution in [1.82, 2.24) is 20.2 Å². The molecule has 0 atom stereocenters. The third-order valence-electron chi connectivity index (χ3n) is 2.70. The molecule has 0 spiro atoms. The largest absolute Gasteiger partial charge is 0.368 e. The number of hydrogen-bond acceptors (Lipinski definition) is 5. The van der Waals surface area contributed by atoms with Crippen LogP contribution in [0.1, 0.15) is 11.3 Å². The van der Waals surface area contributed by atoms with Crippen molar-refractivity contribution < 1.29 is 0 Å². The van der Waals surface area contributed by atoms with Gasteiger partial charge in [0.05, 0.1) is 0 Å². The molecule has 1 aliphatic heterocycles. The standard InChI is InChI=1S/C10H17N5/c1-8-9(6-13-10(11)14-8)7-15-4-2-12-3-5-15/h6,12H,2-5,7H2,1H3,(H2,11,13,14). The molecule has 82 valence electrons. The van der Waals surface area contributed by atoms with Crippen molar-refractivity contribution in [3.63, 3.8) is 0 Å². The van der Waals surface area contributed by atoms with Crippen LogP contribution in [0, 0.1) is 6.92 Å². The molecule has 0 amide bonds. The Labute approximate surface area is 89.7 Å².